The highest BCUT2D eigenvalue weighted by molar-refractivity contribution is 7.13. The Morgan fingerprint density at radius 2 is 2.23 bits per heavy atom. The first kappa shape index (κ1) is 16.9. The maximum Gasteiger partial charge on any atom is 0.231 e. The van der Waals surface area contributed by atoms with Gasteiger partial charge >= 0.3 is 0 Å². The molecule has 1 atom stereocenters. The normalized spacial score (nSPS) is 19.1. The van der Waals surface area contributed by atoms with Crippen LogP contribution in [0, 0.1) is 5.41 Å². The summed E-state index contributed by atoms with van der Waals surface area (Å²) in [5, 5.41) is 8.45. The number of hydrogen-bond acceptors (Lipinski definition) is 5. The Morgan fingerprint density at radius 1 is 1.50 bits per heavy atom. The molecule has 0 saturated carbocycles. The van der Waals surface area contributed by atoms with Crippen LogP contribution >= 0.6 is 11.3 Å². The number of piperazine rings is 1. The van der Waals surface area contributed by atoms with E-state index < -0.39 is 5.41 Å². The molecule has 2 rings (SSSR count). The van der Waals surface area contributed by atoms with E-state index in [0.717, 1.165) is 19.6 Å². The minimum absolute atomic E-state index is 0.0737. The lowest BCUT2D eigenvalue weighted by Gasteiger charge is -2.33. The maximum absolute atomic E-state index is 12.3. The molecule has 122 valence electrons. The SMILES string of the molecule is CC1CNCCN1C(=O)Cc1csc(NC(=O)C(C)(C)C)n1. The van der Waals surface area contributed by atoms with E-state index in [1.54, 1.807) is 0 Å². The van der Waals surface area contributed by atoms with Crippen molar-refractivity contribution in [1.82, 2.24) is 15.2 Å². The predicted octanol–water partition coefficient (Wildman–Crippen LogP) is 1.49. The van der Waals surface area contributed by atoms with Gasteiger partial charge in [-0.15, -0.1) is 11.3 Å². The van der Waals surface area contributed by atoms with Crippen LogP contribution < -0.4 is 10.6 Å². The topological polar surface area (TPSA) is 74.3 Å². The summed E-state index contributed by atoms with van der Waals surface area (Å²) in [4.78, 5) is 30.5. The molecule has 1 saturated heterocycles. The number of rotatable bonds is 3. The van der Waals surface area contributed by atoms with Crippen molar-refractivity contribution in [2.75, 3.05) is 25.0 Å². The van der Waals surface area contributed by atoms with Gasteiger partial charge in [-0.2, -0.15) is 0 Å². The van der Waals surface area contributed by atoms with Gasteiger partial charge < -0.3 is 15.5 Å². The standard InChI is InChI=1S/C15H24N4O2S/c1-10-8-16-5-6-19(10)12(20)7-11-9-22-14(17-11)18-13(21)15(2,3)4/h9-10,16H,5-8H2,1-4H3,(H,17,18,21). The molecule has 1 unspecified atom stereocenters. The van der Waals surface area contributed by atoms with Gasteiger partial charge in [-0.3, -0.25) is 9.59 Å². The Bertz CT molecular complexity index is 550. The van der Waals surface area contributed by atoms with E-state index >= 15 is 0 Å². The number of aromatic nitrogens is 1. The fourth-order valence-electron chi connectivity index (χ4n) is 2.20. The van der Waals surface area contributed by atoms with E-state index in [1.807, 2.05) is 38.0 Å². The smallest absolute Gasteiger partial charge is 0.231 e. The molecule has 1 aliphatic rings. The van der Waals surface area contributed by atoms with Crippen molar-refractivity contribution in [2.24, 2.45) is 5.41 Å². The molecule has 1 aromatic heterocycles. The van der Waals surface area contributed by atoms with Gasteiger partial charge in [0.15, 0.2) is 5.13 Å². The van der Waals surface area contributed by atoms with E-state index in [9.17, 15) is 9.59 Å². The fourth-order valence-corrected chi connectivity index (χ4v) is 2.90. The number of nitrogens with one attached hydrogen (secondary N) is 2. The molecule has 2 amide bonds. The summed E-state index contributed by atoms with van der Waals surface area (Å²) in [6.07, 6.45) is 0.284. The summed E-state index contributed by atoms with van der Waals surface area (Å²) in [7, 11) is 0. The van der Waals surface area contributed by atoms with Crippen LogP contribution in [0.4, 0.5) is 5.13 Å². The Hall–Kier alpha value is -1.47. The van der Waals surface area contributed by atoms with Crippen LogP contribution in [-0.4, -0.2) is 47.4 Å². The van der Waals surface area contributed by atoms with Gasteiger partial charge in [0, 0.05) is 36.5 Å². The first-order chi connectivity index (χ1) is 10.3. The van der Waals surface area contributed by atoms with Crippen molar-refractivity contribution in [3.05, 3.63) is 11.1 Å². The quantitative estimate of drug-likeness (QED) is 0.883. The molecule has 2 heterocycles. The third-order valence-corrected chi connectivity index (χ3v) is 4.41. The van der Waals surface area contributed by atoms with Gasteiger partial charge in [0.2, 0.25) is 11.8 Å². The zero-order valence-electron chi connectivity index (χ0n) is 13.6. The zero-order chi connectivity index (χ0) is 16.3. The fraction of sp³-hybridized carbons (Fsp3) is 0.667. The zero-order valence-corrected chi connectivity index (χ0v) is 14.4. The number of nitrogens with zero attached hydrogens (tertiary/aromatic N) is 2. The van der Waals surface area contributed by atoms with Gasteiger partial charge in [0.1, 0.15) is 0 Å². The Kier molecular flexibility index (Phi) is 5.18. The summed E-state index contributed by atoms with van der Waals surface area (Å²) in [6.45, 7) is 10.00. The first-order valence-electron chi connectivity index (χ1n) is 7.53. The van der Waals surface area contributed by atoms with E-state index in [0.29, 0.717) is 10.8 Å². The molecule has 1 aliphatic heterocycles. The summed E-state index contributed by atoms with van der Waals surface area (Å²) >= 11 is 1.36. The number of anilines is 1. The Balaban J connectivity index is 1.94. The van der Waals surface area contributed by atoms with Gasteiger partial charge in [0.05, 0.1) is 12.1 Å². The highest BCUT2D eigenvalue weighted by Crippen LogP contribution is 2.21. The molecule has 6 nitrogen and oxygen atoms in total. The number of carbonyl (C=O) groups excluding carboxylic acids is 2. The van der Waals surface area contributed by atoms with Gasteiger partial charge in [-0.05, 0) is 6.92 Å². The van der Waals surface area contributed by atoms with Crippen LogP contribution in [0.1, 0.15) is 33.4 Å². The largest absolute Gasteiger partial charge is 0.337 e. The van der Waals surface area contributed by atoms with Crippen molar-refractivity contribution < 1.29 is 9.59 Å². The first-order valence-corrected chi connectivity index (χ1v) is 8.41. The predicted molar refractivity (Wildman–Crippen MR) is 87.9 cm³/mol. The highest BCUT2D eigenvalue weighted by Gasteiger charge is 2.25. The van der Waals surface area contributed by atoms with E-state index in [2.05, 4.69) is 15.6 Å². The third kappa shape index (κ3) is 4.27. The molecule has 0 radical (unpaired) electrons. The van der Waals surface area contributed by atoms with Crippen molar-refractivity contribution in [3.8, 4) is 0 Å². The van der Waals surface area contributed by atoms with Crippen molar-refractivity contribution in [3.63, 3.8) is 0 Å². The van der Waals surface area contributed by atoms with Crippen LogP contribution in [0.25, 0.3) is 0 Å². The molecule has 2 N–H and O–H groups in total. The second kappa shape index (κ2) is 6.75. The molecular weight excluding hydrogens is 300 g/mol. The molecule has 22 heavy (non-hydrogen) atoms. The molecule has 1 aromatic rings. The van der Waals surface area contributed by atoms with Crippen molar-refractivity contribution in [2.45, 2.75) is 40.2 Å². The van der Waals surface area contributed by atoms with Crippen LogP contribution in [0.15, 0.2) is 5.38 Å². The lowest BCUT2D eigenvalue weighted by Crippen LogP contribution is -2.52. The monoisotopic (exact) mass is 324 g/mol. The molecule has 0 aliphatic carbocycles. The third-order valence-electron chi connectivity index (χ3n) is 3.61. The minimum Gasteiger partial charge on any atom is -0.337 e. The number of thiazole rings is 1. The maximum atomic E-state index is 12.3. The number of hydrogen-bond donors (Lipinski definition) is 2. The molecular formula is C15H24N4O2S. The summed E-state index contributed by atoms with van der Waals surface area (Å²) in [5.41, 5.74) is 0.252. The second-order valence-corrected chi connectivity index (χ2v) is 7.52. The van der Waals surface area contributed by atoms with Crippen molar-refractivity contribution >= 4 is 28.3 Å². The highest BCUT2D eigenvalue weighted by atomic mass is 32.1. The number of carbonyl (C=O) groups is 2. The number of amides is 2. The Labute approximate surface area is 135 Å². The molecule has 0 spiro atoms. The lowest BCUT2D eigenvalue weighted by atomic mass is 9.96. The molecule has 7 heteroatoms. The molecule has 1 fully saturated rings. The van der Waals surface area contributed by atoms with E-state index in [-0.39, 0.29) is 24.3 Å². The molecule has 0 bridgehead atoms. The second-order valence-electron chi connectivity index (χ2n) is 6.67. The van der Waals surface area contributed by atoms with Crippen LogP contribution in [0.3, 0.4) is 0 Å². The summed E-state index contributed by atoms with van der Waals surface area (Å²) in [6, 6.07) is 0.208. The minimum atomic E-state index is -0.460. The van der Waals surface area contributed by atoms with Gasteiger partial charge in [-0.25, -0.2) is 4.98 Å². The van der Waals surface area contributed by atoms with Gasteiger partial charge in [0.25, 0.3) is 0 Å². The van der Waals surface area contributed by atoms with Crippen LogP contribution in [0.5, 0.6) is 0 Å². The van der Waals surface area contributed by atoms with Crippen molar-refractivity contribution in [1.29, 1.82) is 0 Å². The summed E-state index contributed by atoms with van der Waals surface area (Å²) < 4.78 is 0. The Morgan fingerprint density at radius 3 is 2.86 bits per heavy atom. The lowest BCUT2D eigenvalue weighted by molar-refractivity contribution is -0.133. The van der Waals surface area contributed by atoms with Gasteiger partial charge in [-0.1, -0.05) is 20.8 Å². The van der Waals surface area contributed by atoms with Crippen LogP contribution in [0.2, 0.25) is 0 Å². The average Bonchev–Trinajstić information content (AvgIpc) is 2.85. The van der Waals surface area contributed by atoms with Crippen LogP contribution in [-0.2, 0) is 16.0 Å². The molecule has 0 aromatic carbocycles. The van der Waals surface area contributed by atoms with E-state index in [1.165, 1.54) is 11.3 Å². The average molecular weight is 324 g/mol. The summed E-state index contributed by atoms with van der Waals surface area (Å²) in [5.74, 6) is 0.0171. The van der Waals surface area contributed by atoms with E-state index in [4.69, 9.17) is 0 Å².